The van der Waals surface area contributed by atoms with Crippen LogP contribution in [-0.4, -0.2) is 60.3 Å². The first-order valence-corrected chi connectivity index (χ1v) is 11.0. The van der Waals surface area contributed by atoms with Crippen molar-refractivity contribution in [2.24, 2.45) is 11.8 Å². The van der Waals surface area contributed by atoms with Gasteiger partial charge in [0, 0.05) is 19.6 Å². The van der Waals surface area contributed by atoms with E-state index in [-0.39, 0.29) is 12.5 Å². The van der Waals surface area contributed by atoms with Crippen molar-refractivity contribution in [3.8, 4) is 0 Å². The number of fused-ring (bicyclic) bond motifs is 1. The summed E-state index contributed by atoms with van der Waals surface area (Å²) < 4.78 is 32.0. The molecule has 0 spiro atoms. The molecular weight excluding hydrogens is 372 g/mol. The van der Waals surface area contributed by atoms with Gasteiger partial charge in [0.2, 0.25) is 16.8 Å². The molecule has 27 heavy (non-hydrogen) atoms. The summed E-state index contributed by atoms with van der Waals surface area (Å²) in [6.07, 6.45) is 5.78. The zero-order valence-electron chi connectivity index (χ0n) is 15.0. The monoisotopic (exact) mass is 396 g/mol. The maximum atomic E-state index is 13.1. The lowest BCUT2D eigenvalue weighted by atomic mass is 9.82. The van der Waals surface area contributed by atoms with Crippen LogP contribution in [0.25, 0.3) is 0 Å². The van der Waals surface area contributed by atoms with Crippen LogP contribution in [0.15, 0.2) is 21.6 Å². The molecule has 0 bridgehead atoms. The van der Waals surface area contributed by atoms with E-state index in [4.69, 9.17) is 9.52 Å². The Morgan fingerprint density at radius 2 is 1.70 bits per heavy atom. The highest BCUT2D eigenvalue weighted by Gasteiger charge is 2.45. The van der Waals surface area contributed by atoms with E-state index in [1.54, 1.807) is 0 Å². The van der Waals surface area contributed by atoms with E-state index in [0.29, 0.717) is 24.7 Å². The zero-order valence-corrected chi connectivity index (χ0v) is 15.9. The van der Waals surface area contributed by atoms with E-state index < -0.39 is 32.9 Å². The van der Waals surface area contributed by atoms with Crippen LogP contribution in [0.4, 0.5) is 0 Å². The fraction of sp³-hybridized carbons (Fsp3) is 0.667. The van der Waals surface area contributed by atoms with E-state index in [1.807, 2.05) is 4.90 Å². The summed E-state index contributed by atoms with van der Waals surface area (Å²) in [7, 11) is -4.05. The number of carboxylic acids is 1. The number of sulfonamides is 1. The van der Waals surface area contributed by atoms with Crippen LogP contribution in [-0.2, 0) is 14.8 Å². The summed E-state index contributed by atoms with van der Waals surface area (Å²) in [5.74, 6) is -0.811. The Morgan fingerprint density at radius 3 is 2.30 bits per heavy atom. The van der Waals surface area contributed by atoms with Crippen molar-refractivity contribution in [1.29, 1.82) is 0 Å². The number of furan rings is 1. The Balaban J connectivity index is 1.53. The first kappa shape index (κ1) is 18.5. The summed E-state index contributed by atoms with van der Waals surface area (Å²) in [4.78, 5) is 25.9. The number of carbonyl (C=O) groups excluding carboxylic acids is 1. The highest BCUT2D eigenvalue weighted by Crippen LogP contribution is 2.37. The number of aromatic carboxylic acids is 1. The van der Waals surface area contributed by atoms with Gasteiger partial charge in [0.1, 0.15) is 6.04 Å². The number of nitrogens with zero attached hydrogens (tertiary/aromatic N) is 2. The Bertz CT molecular complexity index is 834. The minimum Gasteiger partial charge on any atom is -0.475 e. The predicted octanol–water partition coefficient (Wildman–Crippen LogP) is 1.78. The number of rotatable bonds is 4. The highest BCUT2D eigenvalue weighted by atomic mass is 32.2. The topological polar surface area (TPSA) is 108 Å². The van der Waals surface area contributed by atoms with E-state index in [1.165, 1.54) is 17.1 Å². The third kappa shape index (κ3) is 3.27. The van der Waals surface area contributed by atoms with Gasteiger partial charge in [-0.3, -0.25) is 4.79 Å². The number of hydrogen-bond acceptors (Lipinski definition) is 5. The lowest BCUT2D eigenvalue weighted by Crippen LogP contribution is -2.47. The summed E-state index contributed by atoms with van der Waals surface area (Å²) >= 11 is 0. The standard InChI is InChI=1S/C18H24N2O6S/c21-17(19-10-12-4-1-2-5-13(12)11-19)14-6-3-9-20(14)27(24,25)16-8-7-15(26-16)18(22)23/h7-8,12-14H,1-6,9-11H2,(H,22,23). The van der Waals surface area contributed by atoms with Gasteiger partial charge < -0.3 is 14.4 Å². The summed E-state index contributed by atoms with van der Waals surface area (Å²) in [5.41, 5.74) is 0. The third-order valence-corrected chi connectivity index (χ3v) is 7.91. The van der Waals surface area contributed by atoms with Gasteiger partial charge in [0.05, 0.1) is 0 Å². The summed E-state index contributed by atoms with van der Waals surface area (Å²) in [6, 6.07) is 1.53. The molecule has 1 aliphatic carbocycles. The van der Waals surface area contributed by atoms with Crippen molar-refractivity contribution < 1.29 is 27.5 Å². The van der Waals surface area contributed by atoms with Gasteiger partial charge in [-0.25, -0.2) is 13.2 Å². The molecule has 2 saturated heterocycles. The normalized spacial score (nSPS) is 29.0. The molecule has 3 atom stereocenters. The van der Waals surface area contributed by atoms with Crippen molar-refractivity contribution >= 4 is 21.9 Å². The minimum absolute atomic E-state index is 0.129. The molecule has 0 radical (unpaired) electrons. The zero-order chi connectivity index (χ0) is 19.2. The van der Waals surface area contributed by atoms with Crippen LogP contribution < -0.4 is 0 Å². The van der Waals surface area contributed by atoms with E-state index >= 15 is 0 Å². The molecule has 1 aromatic heterocycles. The molecule has 3 unspecified atom stereocenters. The molecule has 1 saturated carbocycles. The smallest absolute Gasteiger partial charge is 0.371 e. The maximum Gasteiger partial charge on any atom is 0.371 e. The van der Waals surface area contributed by atoms with Gasteiger partial charge in [-0.15, -0.1) is 0 Å². The fourth-order valence-corrected chi connectivity index (χ4v) is 6.33. The van der Waals surface area contributed by atoms with Gasteiger partial charge in [-0.1, -0.05) is 12.8 Å². The van der Waals surface area contributed by atoms with Crippen molar-refractivity contribution in [3.05, 3.63) is 17.9 Å². The largest absolute Gasteiger partial charge is 0.475 e. The van der Waals surface area contributed by atoms with Crippen LogP contribution in [0.5, 0.6) is 0 Å². The lowest BCUT2D eigenvalue weighted by Gasteiger charge is -2.26. The molecule has 9 heteroatoms. The summed E-state index contributed by atoms with van der Waals surface area (Å²) in [6.45, 7) is 1.68. The number of carboxylic acid groups (broad SMARTS) is 1. The Hall–Kier alpha value is -1.87. The second-order valence-corrected chi connectivity index (χ2v) is 9.57. The van der Waals surface area contributed by atoms with Crippen molar-refractivity contribution in [3.63, 3.8) is 0 Å². The minimum atomic E-state index is -4.05. The molecule has 1 aromatic rings. The number of carbonyl (C=O) groups is 2. The van der Waals surface area contributed by atoms with Gasteiger partial charge in [0.15, 0.2) is 0 Å². The van der Waals surface area contributed by atoms with Gasteiger partial charge >= 0.3 is 5.97 Å². The van der Waals surface area contributed by atoms with E-state index in [0.717, 1.165) is 38.1 Å². The van der Waals surface area contributed by atoms with Crippen LogP contribution in [0.3, 0.4) is 0 Å². The van der Waals surface area contributed by atoms with Gasteiger partial charge in [-0.05, 0) is 49.7 Å². The molecule has 1 amide bonds. The lowest BCUT2D eigenvalue weighted by molar-refractivity contribution is -0.133. The number of hydrogen-bond donors (Lipinski definition) is 1. The average Bonchev–Trinajstić information content (AvgIpc) is 3.39. The van der Waals surface area contributed by atoms with Crippen LogP contribution in [0.2, 0.25) is 0 Å². The van der Waals surface area contributed by atoms with Gasteiger partial charge in [-0.2, -0.15) is 4.31 Å². The number of likely N-dealkylation sites (tertiary alicyclic amines) is 1. The van der Waals surface area contributed by atoms with Crippen LogP contribution in [0.1, 0.15) is 49.1 Å². The second-order valence-electron chi connectivity index (χ2n) is 7.75. The molecular formula is C18H24N2O6S. The molecule has 4 rings (SSSR count). The molecule has 8 nitrogen and oxygen atoms in total. The third-order valence-electron chi connectivity index (χ3n) is 6.13. The van der Waals surface area contributed by atoms with Crippen molar-refractivity contribution in [2.45, 2.75) is 49.7 Å². The van der Waals surface area contributed by atoms with Crippen molar-refractivity contribution in [2.75, 3.05) is 19.6 Å². The average molecular weight is 396 g/mol. The first-order chi connectivity index (χ1) is 12.9. The second kappa shape index (κ2) is 6.94. The quantitative estimate of drug-likeness (QED) is 0.831. The Morgan fingerprint density at radius 1 is 1.04 bits per heavy atom. The van der Waals surface area contributed by atoms with Gasteiger partial charge in [0.25, 0.3) is 10.0 Å². The molecule has 3 heterocycles. The predicted molar refractivity (Wildman–Crippen MR) is 94.6 cm³/mol. The SMILES string of the molecule is O=C(O)c1ccc(S(=O)(=O)N2CCCC2C(=O)N2CC3CCCCC3C2)o1. The number of amides is 1. The Kier molecular flexibility index (Phi) is 4.75. The van der Waals surface area contributed by atoms with Crippen LogP contribution >= 0.6 is 0 Å². The molecule has 2 aliphatic heterocycles. The fourth-order valence-electron chi connectivity index (χ4n) is 4.76. The molecule has 148 valence electrons. The van der Waals surface area contributed by atoms with Crippen molar-refractivity contribution in [1.82, 2.24) is 9.21 Å². The highest BCUT2D eigenvalue weighted by molar-refractivity contribution is 7.89. The molecule has 0 aromatic carbocycles. The molecule has 3 aliphatic rings. The molecule has 1 N–H and O–H groups in total. The first-order valence-electron chi connectivity index (χ1n) is 9.51. The molecule has 3 fully saturated rings. The summed E-state index contributed by atoms with van der Waals surface area (Å²) in [5, 5.41) is 8.53. The Labute approximate surface area is 158 Å². The van der Waals surface area contributed by atoms with E-state index in [2.05, 4.69) is 0 Å². The van der Waals surface area contributed by atoms with Crippen LogP contribution in [0, 0.1) is 11.8 Å². The maximum absolute atomic E-state index is 13.1. The van der Waals surface area contributed by atoms with E-state index in [9.17, 15) is 18.0 Å².